The zero-order valence-electron chi connectivity index (χ0n) is 23.0. The smallest absolute Gasteiger partial charge is 0.306 e. The van der Waals surface area contributed by atoms with E-state index >= 15 is 0 Å². The van der Waals surface area contributed by atoms with E-state index in [2.05, 4.69) is 26.8 Å². The minimum atomic E-state index is -1.47. The molecule has 202 valence electrons. The Balaban J connectivity index is 1.18. The molecular formula is C32H44O5. The predicted octanol–water partition coefficient (Wildman–Crippen LogP) is 5.00. The van der Waals surface area contributed by atoms with Crippen LogP contribution < -0.4 is 0 Å². The van der Waals surface area contributed by atoms with Crippen molar-refractivity contribution in [3.63, 3.8) is 0 Å². The molecule has 6 saturated carbocycles. The molecule has 8 aliphatic rings. The number of carbonyl (C=O) groups excluding carboxylic acids is 2. The van der Waals surface area contributed by atoms with Crippen LogP contribution in [0.3, 0.4) is 0 Å². The van der Waals surface area contributed by atoms with Gasteiger partial charge in [0.2, 0.25) is 0 Å². The van der Waals surface area contributed by atoms with E-state index in [0.717, 1.165) is 29.7 Å². The molecule has 0 radical (unpaired) electrons. The van der Waals surface area contributed by atoms with E-state index in [-0.39, 0.29) is 65.2 Å². The van der Waals surface area contributed by atoms with Crippen molar-refractivity contribution in [2.24, 2.45) is 58.2 Å². The molecule has 0 aromatic rings. The Morgan fingerprint density at radius 2 is 1.68 bits per heavy atom. The van der Waals surface area contributed by atoms with Crippen LogP contribution in [0.2, 0.25) is 0 Å². The molecule has 0 saturated heterocycles. The van der Waals surface area contributed by atoms with Gasteiger partial charge in [-0.3, -0.25) is 9.59 Å². The largest absolute Gasteiger partial charge is 0.458 e. The molecule has 8 aliphatic carbocycles. The van der Waals surface area contributed by atoms with Crippen LogP contribution in [0.5, 0.6) is 0 Å². The molecule has 37 heavy (non-hydrogen) atoms. The summed E-state index contributed by atoms with van der Waals surface area (Å²) < 4.78 is 6.64. The molecule has 0 heterocycles. The number of esters is 1. The summed E-state index contributed by atoms with van der Waals surface area (Å²) >= 11 is 0. The number of carbonyl (C=O) groups is 2. The van der Waals surface area contributed by atoms with E-state index in [1.807, 2.05) is 6.08 Å². The highest BCUT2D eigenvalue weighted by Crippen LogP contribution is 2.76. The second-order valence-corrected chi connectivity index (χ2v) is 15.3. The topological polar surface area (TPSA) is 83.8 Å². The van der Waals surface area contributed by atoms with Crippen molar-refractivity contribution in [2.75, 3.05) is 6.61 Å². The number of fused-ring (bicyclic) bond motifs is 5. The lowest BCUT2D eigenvalue weighted by Gasteiger charge is -2.56. The summed E-state index contributed by atoms with van der Waals surface area (Å²) in [6.07, 6.45) is 13.4. The van der Waals surface area contributed by atoms with Crippen molar-refractivity contribution in [1.29, 1.82) is 0 Å². The van der Waals surface area contributed by atoms with Crippen LogP contribution in [0.15, 0.2) is 23.3 Å². The minimum absolute atomic E-state index is 0.00792. The van der Waals surface area contributed by atoms with Gasteiger partial charge in [-0.1, -0.05) is 32.9 Å². The molecule has 0 amide bonds. The number of aliphatic hydroxyl groups excluding tert-OH is 1. The summed E-state index contributed by atoms with van der Waals surface area (Å²) in [6, 6.07) is 0. The number of hydrogen-bond donors (Lipinski definition) is 2. The van der Waals surface area contributed by atoms with Crippen LogP contribution in [0.1, 0.15) is 85.5 Å². The van der Waals surface area contributed by atoms with Crippen molar-refractivity contribution in [1.82, 2.24) is 0 Å². The van der Waals surface area contributed by atoms with Crippen LogP contribution in [0.4, 0.5) is 0 Å². The van der Waals surface area contributed by atoms with Gasteiger partial charge in [-0.25, -0.2) is 0 Å². The Morgan fingerprint density at radius 1 is 1.05 bits per heavy atom. The summed E-state index contributed by atoms with van der Waals surface area (Å²) in [4.78, 5) is 26.8. The quantitative estimate of drug-likeness (QED) is 0.412. The van der Waals surface area contributed by atoms with E-state index in [1.165, 1.54) is 38.5 Å². The molecule has 0 aromatic carbocycles. The average molecular weight is 509 g/mol. The van der Waals surface area contributed by atoms with E-state index in [0.29, 0.717) is 12.0 Å². The lowest BCUT2D eigenvalue weighted by Crippen LogP contribution is -2.49. The SMILES string of the molecule is CC1=C[C@H]2C3[C@H](C)C[C@]4(OC(=O)CC56CC7CC(CC(C7)C5)C6)[C@H]([C@@H]3C=C(CO)C[C@]2(O)C1=O)C4(C)C. The van der Waals surface area contributed by atoms with Crippen LogP contribution >= 0.6 is 0 Å². The molecule has 0 aliphatic heterocycles. The second-order valence-electron chi connectivity index (χ2n) is 15.3. The first-order chi connectivity index (χ1) is 17.4. The Labute approximate surface area is 221 Å². The highest BCUT2D eigenvalue weighted by Gasteiger charge is 2.80. The highest BCUT2D eigenvalue weighted by molar-refractivity contribution is 6.04. The molecule has 5 heteroatoms. The fraction of sp³-hybridized carbons (Fsp3) is 0.812. The van der Waals surface area contributed by atoms with Gasteiger partial charge in [0.25, 0.3) is 0 Å². The van der Waals surface area contributed by atoms with Gasteiger partial charge < -0.3 is 14.9 Å². The Kier molecular flexibility index (Phi) is 5.04. The van der Waals surface area contributed by atoms with Gasteiger partial charge in [0.15, 0.2) is 5.78 Å². The first kappa shape index (κ1) is 24.6. The molecule has 2 N–H and O–H groups in total. The summed E-state index contributed by atoms with van der Waals surface area (Å²) in [5.41, 5.74) is -0.629. The maximum atomic E-state index is 13.7. The maximum absolute atomic E-state index is 13.7. The zero-order valence-corrected chi connectivity index (χ0v) is 23.0. The van der Waals surface area contributed by atoms with Crippen LogP contribution in [0.25, 0.3) is 0 Å². The predicted molar refractivity (Wildman–Crippen MR) is 139 cm³/mol. The van der Waals surface area contributed by atoms with Gasteiger partial charge in [-0.05, 0) is 104 Å². The molecule has 5 nitrogen and oxygen atoms in total. The minimum Gasteiger partial charge on any atom is -0.458 e. The summed E-state index contributed by atoms with van der Waals surface area (Å²) in [5, 5.41) is 21.9. The molecule has 4 bridgehead atoms. The third kappa shape index (κ3) is 3.22. The maximum Gasteiger partial charge on any atom is 0.306 e. The van der Waals surface area contributed by atoms with Crippen molar-refractivity contribution in [2.45, 2.75) is 96.7 Å². The normalized spacial score (nSPS) is 52.4. The molecular weight excluding hydrogens is 464 g/mol. The van der Waals surface area contributed by atoms with Gasteiger partial charge in [0.1, 0.15) is 11.2 Å². The molecule has 7 atom stereocenters. The van der Waals surface area contributed by atoms with Crippen molar-refractivity contribution < 1.29 is 24.5 Å². The van der Waals surface area contributed by atoms with Crippen LogP contribution in [-0.2, 0) is 14.3 Å². The number of ketones is 1. The van der Waals surface area contributed by atoms with Gasteiger partial charge >= 0.3 is 5.97 Å². The number of aliphatic hydroxyl groups is 2. The third-order valence-corrected chi connectivity index (χ3v) is 12.7. The monoisotopic (exact) mass is 508 g/mol. The van der Waals surface area contributed by atoms with E-state index in [4.69, 9.17) is 4.74 Å². The van der Waals surface area contributed by atoms with Crippen molar-refractivity contribution >= 4 is 11.8 Å². The fourth-order valence-electron chi connectivity index (χ4n) is 11.7. The van der Waals surface area contributed by atoms with E-state index in [9.17, 15) is 19.8 Å². The molecule has 1 unspecified atom stereocenters. The highest BCUT2D eigenvalue weighted by atomic mass is 16.6. The molecule has 6 fully saturated rings. The van der Waals surface area contributed by atoms with Gasteiger partial charge in [0.05, 0.1) is 13.0 Å². The first-order valence-electron chi connectivity index (χ1n) is 14.9. The van der Waals surface area contributed by atoms with Crippen molar-refractivity contribution in [3.05, 3.63) is 23.3 Å². The van der Waals surface area contributed by atoms with Gasteiger partial charge in [-0.15, -0.1) is 0 Å². The van der Waals surface area contributed by atoms with Gasteiger partial charge in [-0.2, -0.15) is 0 Å². The number of hydrogen-bond acceptors (Lipinski definition) is 5. The first-order valence-corrected chi connectivity index (χ1v) is 14.9. The molecule has 0 aromatic heterocycles. The summed E-state index contributed by atoms with van der Waals surface area (Å²) in [5.74, 6) is 2.42. The number of ether oxygens (including phenoxy) is 1. The number of rotatable bonds is 4. The standard InChI is InChI=1S/C32H44O5/c1-17-5-24-26-18(2)10-32(37-25(34)15-30-11-19-6-20(12-30)8-21(7-19)13-30)27(29(32,3)4)23(26)9-22(16-33)14-31(24,36)28(17)35/h5,9,18-21,23-24,26-27,33,36H,6-8,10-16H2,1-4H3/t18-,19?,20?,21?,23-,24+,26?,27-,30?,31-,32+/m1/s1. The second kappa shape index (κ2) is 7.59. The number of allylic oxidation sites excluding steroid dienone is 1. The van der Waals surface area contributed by atoms with Crippen LogP contribution in [-0.4, -0.2) is 39.8 Å². The van der Waals surface area contributed by atoms with E-state index in [1.54, 1.807) is 6.92 Å². The zero-order chi connectivity index (χ0) is 26.1. The molecule has 0 spiro atoms. The van der Waals surface area contributed by atoms with Gasteiger partial charge in [0, 0.05) is 23.7 Å². The van der Waals surface area contributed by atoms with Crippen molar-refractivity contribution in [3.8, 4) is 0 Å². The lowest BCUT2D eigenvalue weighted by molar-refractivity contribution is -0.166. The fourth-order valence-corrected chi connectivity index (χ4v) is 11.7. The summed E-state index contributed by atoms with van der Waals surface area (Å²) in [7, 11) is 0. The lowest BCUT2D eigenvalue weighted by atomic mass is 9.49. The summed E-state index contributed by atoms with van der Waals surface area (Å²) in [6.45, 7) is 8.31. The molecule has 8 rings (SSSR count). The Bertz CT molecular complexity index is 1080. The average Bonchev–Trinajstić information content (AvgIpc) is 3.22. The van der Waals surface area contributed by atoms with Crippen LogP contribution in [0, 0.1) is 58.2 Å². The number of Topliss-reactive ketones (excluding diaryl/α,β-unsaturated/α-hetero) is 1. The Hall–Kier alpha value is -1.46. The third-order valence-electron chi connectivity index (χ3n) is 12.7. The Morgan fingerprint density at radius 3 is 2.27 bits per heavy atom. The van der Waals surface area contributed by atoms with E-state index < -0.39 is 11.2 Å².